The number of aliphatic hydroxyl groups is 1. The summed E-state index contributed by atoms with van der Waals surface area (Å²) in [5.74, 6) is 0. The zero-order valence-corrected chi connectivity index (χ0v) is 8.37. The van der Waals surface area contributed by atoms with Crippen molar-refractivity contribution in [2.75, 3.05) is 7.11 Å². The van der Waals surface area contributed by atoms with Crippen molar-refractivity contribution in [1.29, 1.82) is 5.26 Å². The number of rotatable bonds is 0. The number of nitrogens with zero attached hydrogens (tertiary/aromatic N) is 1. The van der Waals surface area contributed by atoms with E-state index in [1.807, 2.05) is 0 Å². The van der Waals surface area contributed by atoms with Gasteiger partial charge >= 0.3 is 23.1 Å². The first-order valence-electron chi connectivity index (χ1n) is 1.84. The summed E-state index contributed by atoms with van der Waals surface area (Å²) in [6.45, 7) is 1.43. The Bertz CT molecular complexity index is 163. The first-order valence-corrected chi connectivity index (χ1v) is 3.17. The fraction of sp³-hybridized carbons (Fsp3) is 0.667. The Morgan fingerprint density at radius 2 is 1.36 bits per heavy atom. The molecular formula is C3H7MgNO5S. The summed E-state index contributed by atoms with van der Waals surface area (Å²) in [6, 6.07) is 1.75. The van der Waals surface area contributed by atoms with Crippen LogP contribution in [0.4, 0.5) is 0 Å². The van der Waals surface area contributed by atoms with Crippen LogP contribution in [-0.4, -0.2) is 52.8 Å². The maximum atomic E-state index is 8.52. The molecule has 0 radical (unpaired) electrons. The normalized spacial score (nSPS) is 6.55. The second-order valence-electron chi connectivity index (χ2n) is 0.632. The molecule has 11 heavy (non-hydrogen) atoms. The number of aliphatic hydroxyl groups excluding tert-OH is 1. The van der Waals surface area contributed by atoms with Gasteiger partial charge in [0.15, 0.2) is 0 Å². The molecule has 0 spiro atoms. The van der Waals surface area contributed by atoms with Gasteiger partial charge in [-0.2, -0.15) is 5.26 Å². The van der Waals surface area contributed by atoms with Crippen LogP contribution in [0.25, 0.3) is 0 Å². The summed E-state index contributed by atoms with van der Waals surface area (Å²) in [5, 5.41) is 14.3. The number of hydrogen-bond acceptors (Lipinski definition) is 6. The molecule has 0 saturated carbocycles. The monoisotopic (exact) mass is 193 g/mol. The fourth-order valence-corrected chi connectivity index (χ4v) is 0. The smallest absolute Gasteiger partial charge is 0.759 e. The van der Waals surface area contributed by atoms with Crippen LogP contribution < -0.4 is 0 Å². The number of nitriles is 1. The summed E-state index contributed by atoms with van der Waals surface area (Å²) in [4.78, 5) is 0. The van der Waals surface area contributed by atoms with Gasteiger partial charge in [-0.25, -0.2) is 0 Å². The zero-order valence-electron chi connectivity index (χ0n) is 6.14. The summed E-state index contributed by atoms with van der Waals surface area (Å²) in [6.07, 6.45) is 0. The van der Waals surface area contributed by atoms with Gasteiger partial charge in [-0.3, -0.25) is 8.42 Å². The molecule has 0 atom stereocenters. The number of hydrogen-bond donors (Lipinski definition) is 1. The molecule has 0 aliphatic heterocycles. The summed E-state index contributed by atoms with van der Waals surface area (Å²) in [7, 11) is -4.17. The summed E-state index contributed by atoms with van der Waals surface area (Å²) >= 11 is 0. The SMILES string of the molecule is CC#N.CO.O=S(=O)([O-])[O-].[Mg+2]. The third-order valence-electron chi connectivity index (χ3n) is 0. The molecular weight excluding hydrogens is 186 g/mol. The van der Waals surface area contributed by atoms with Gasteiger partial charge in [0.25, 0.3) is 0 Å². The molecule has 0 heterocycles. The Hall–Kier alpha value is 0.0862. The van der Waals surface area contributed by atoms with Crippen molar-refractivity contribution in [3.05, 3.63) is 0 Å². The van der Waals surface area contributed by atoms with Crippen LogP contribution in [0.5, 0.6) is 0 Å². The van der Waals surface area contributed by atoms with Crippen LogP contribution >= 0.6 is 0 Å². The fourth-order valence-electron chi connectivity index (χ4n) is 0. The molecule has 6 nitrogen and oxygen atoms in total. The first kappa shape index (κ1) is 22.5. The van der Waals surface area contributed by atoms with Gasteiger partial charge in [-0.05, 0) is 0 Å². The van der Waals surface area contributed by atoms with E-state index >= 15 is 0 Å². The van der Waals surface area contributed by atoms with Gasteiger partial charge in [0.05, 0.1) is 6.07 Å². The molecule has 8 heteroatoms. The third-order valence-corrected chi connectivity index (χ3v) is 0. The molecule has 0 aromatic heterocycles. The van der Waals surface area contributed by atoms with E-state index < -0.39 is 10.4 Å². The predicted molar refractivity (Wildman–Crippen MR) is 35.7 cm³/mol. The van der Waals surface area contributed by atoms with E-state index in [1.54, 1.807) is 6.07 Å². The Morgan fingerprint density at radius 3 is 1.36 bits per heavy atom. The second kappa shape index (κ2) is 16.6. The van der Waals surface area contributed by atoms with E-state index in [4.69, 9.17) is 27.9 Å². The van der Waals surface area contributed by atoms with Crippen molar-refractivity contribution in [3.8, 4) is 6.07 Å². The molecule has 1 N–H and O–H groups in total. The molecule has 0 fully saturated rings. The molecule has 0 aromatic rings. The zero-order chi connectivity index (χ0) is 9.21. The molecule has 0 rings (SSSR count). The van der Waals surface area contributed by atoms with Crippen molar-refractivity contribution in [1.82, 2.24) is 0 Å². The van der Waals surface area contributed by atoms with Crippen molar-refractivity contribution in [3.63, 3.8) is 0 Å². The molecule has 0 bridgehead atoms. The van der Waals surface area contributed by atoms with E-state index in [0.29, 0.717) is 0 Å². The van der Waals surface area contributed by atoms with Gasteiger partial charge in [0.2, 0.25) is 0 Å². The minimum absolute atomic E-state index is 0. The molecule has 0 aromatic carbocycles. The Morgan fingerprint density at radius 1 is 1.36 bits per heavy atom. The topological polar surface area (TPSA) is 124 Å². The van der Waals surface area contributed by atoms with Gasteiger partial charge in [0.1, 0.15) is 0 Å². The van der Waals surface area contributed by atoms with Crippen molar-refractivity contribution >= 4 is 33.5 Å². The Kier molecular flexibility index (Phi) is 33.9. The van der Waals surface area contributed by atoms with E-state index in [9.17, 15) is 0 Å². The van der Waals surface area contributed by atoms with E-state index in [0.717, 1.165) is 7.11 Å². The average molecular weight is 193 g/mol. The van der Waals surface area contributed by atoms with Crippen molar-refractivity contribution in [2.24, 2.45) is 0 Å². The first-order chi connectivity index (χ1) is 4.41. The average Bonchev–Trinajstić information content (AvgIpc) is 1.68. The van der Waals surface area contributed by atoms with Crippen LogP contribution in [0, 0.1) is 11.3 Å². The largest absolute Gasteiger partial charge is 2.00 e. The molecule has 0 aliphatic carbocycles. The van der Waals surface area contributed by atoms with Crippen LogP contribution in [0.15, 0.2) is 0 Å². The van der Waals surface area contributed by atoms with Crippen molar-refractivity contribution < 1.29 is 22.6 Å². The van der Waals surface area contributed by atoms with Gasteiger partial charge in [0, 0.05) is 24.4 Å². The molecule has 0 unspecified atom stereocenters. The predicted octanol–water partition coefficient (Wildman–Crippen LogP) is -1.58. The summed E-state index contributed by atoms with van der Waals surface area (Å²) in [5.41, 5.74) is 0. The molecule has 0 aliphatic rings. The van der Waals surface area contributed by atoms with Gasteiger partial charge < -0.3 is 14.2 Å². The van der Waals surface area contributed by atoms with Crippen LogP contribution in [-0.2, 0) is 10.4 Å². The minimum Gasteiger partial charge on any atom is -0.759 e. The van der Waals surface area contributed by atoms with Crippen molar-refractivity contribution in [2.45, 2.75) is 6.92 Å². The van der Waals surface area contributed by atoms with Gasteiger partial charge in [-0.15, -0.1) is 0 Å². The maximum Gasteiger partial charge on any atom is 2.00 e. The minimum atomic E-state index is -5.17. The van der Waals surface area contributed by atoms with Crippen LogP contribution in [0.3, 0.4) is 0 Å². The third kappa shape index (κ3) is 88700. The van der Waals surface area contributed by atoms with E-state index in [2.05, 4.69) is 0 Å². The van der Waals surface area contributed by atoms with Crippen LogP contribution in [0.2, 0.25) is 0 Å². The van der Waals surface area contributed by atoms with E-state index in [-0.39, 0.29) is 23.1 Å². The quantitative estimate of drug-likeness (QED) is 0.281. The molecule has 0 amide bonds. The standard InChI is InChI=1S/C2H3N.CH4O.Mg.H2O4S/c1-2-3;1-2;;1-5(2,3)4/h1H3;2H,1H3;;(H2,1,2,3,4)/q;;+2;/p-2. The molecule has 0 saturated heterocycles. The Balaban J connectivity index is -0.0000000360. The van der Waals surface area contributed by atoms with E-state index in [1.165, 1.54) is 6.92 Å². The second-order valence-corrected chi connectivity index (χ2v) is 1.45. The van der Waals surface area contributed by atoms with Gasteiger partial charge in [-0.1, -0.05) is 0 Å². The summed E-state index contributed by atoms with van der Waals surface area (Å²) < 4.78 is 34.1. The van der Waals surface area contributed by atoms with Crippen LogP contribution in [0.1, 0.15) is 6.92 Å². The Labute approximate surface area is 81.6 Å². The maximum absolute atomic E-state index is 8.52. The molecule has 62 valence electrons.